The van der Waals surface area contributed by atoms with Crippen molar-refractivity contribution in [3.63, 3.8) is 0 Å². The van der Waals surface area contributed by atoms with Gasteiger partial charge in [-0.3, -0.25) is 10.1 Å². The molecule has 0 saturated carbocycles. The van der Waals surface area contributed by atoms with E-state index in [-0.39, 0.29) is 17.4 Å². The lowest BCUT2D eigenvalue weighted by molar-refractivity contribution is -0.481. The highest BCUT2D eigenvalue weighted by Gasteiger charge is 2.19. The van der Waals surface area contributed by atoms with Gasteiger partial charge < -0.3 is 0 Å². The summed E-state index contributed by atoms with van der Waals surface area (Å²) in [6, 6.07) is 17.5. The van der Waals surface area contributed by atoms with Gasteiger partial charge in [0.15, 0.2) is 0 Å². The molecule has 0 aliphatic rings. The Hall–Kier alpha value is -2.16. The van der Waals surface area contributed by atoms with Crippen LogP contribution in [0.2, 0.25) is 0 Å². The molecule has 0 radical (unpaired) electrons. The fourth-order valence-corrected chi connectivity index (χ4v) is 2.04. The molecule has 0 bridgehead atoms. The van der Waals surface area contributed by atoms with E-state index in [1.807, 2.05) is 61.5 Å². The van der Waals surface area contributed by atoms with Crippen molar-refractivity contribution < 1.29 is 4.92 Å². The van der Waals surface area contributed by atoms with Gasteiger partial charge in [0, 0.05) is 4.92 Å². The molecule has 0 amide bonds. The molecule has 92 valence electrons. The smallest absolute Gasteiger partial charge is 0.214 e. The Bertz CT molecular complexity index is 520. The third-order valence-corrected chi connectivity index (χ3v) is 3.01. The van der Waals surface area contributed by atoms with Gasteiger partial charge >= 0.3 is 0 Å². The standard InChI is InChI=1S/C15H15NO2/c1-12-7-9-14(10-8-12)15(11-16(17)18)13-5-3-2-4-6-13/h2-10,15H,11H2,1H3. The van der Waals surface area contributed by atoms with Gasteiger partial charge in [-0.05, 0) is 18.1 Å². The van der Waals surface area contributed by atoms with Crippen LogP contribution in [-0.4, -0.2) is 11.5 Å². The first-order valence-electron chi connectivity index (χ1n) is 5.90. The number of benzene rings is 2. The Kier molecular flexibility index (Phi) is 3.72. The van der Waals surface area contributed by atoms with Crippen molar-refractivity contribution in [2.75, 3.05) is 6.54 Å². The molecule has 0 aliphatic carbocycles. The van der Waals surface area contributed by atoms with Gasteiger partial charge in [0.1, 0.15) is 0 Å². The molecule has 0 aliphatic heterocycles. The number of hydrogen-bond acceptors (Lipinski definition) is 2. The minimum Gasteiger partial charge on any atom is -0.265 e. The molecule has 0 spiro atoms. The Labute approximate surface area is 106 Å². The average molecular weight is 241 g/mol. The fraction of sp³-hybridized carbons (Fsp3) is 0.200. The molecule has 2 rings (SSSR count). The number of aryl methyl sites for hydroxylation is 1. The normalized spacial score (nSPS) is 12.1. The van der Waals surface area contributed by atoms with E-state index < -0.39 is 0 Å². The monoisotopic (exact) mass is 241 g/mol. The summed E-state index contributed by atoms with van der Waals surface area (Å²) in [5.41, 5.74) is 3.13. The van der Waals surface area contributed by atoms with Crippen molar-refractivity contribution in [3.8, 4) is 0 Å². The van der Waals surface area contributed by atoms with Crippen molar-refractivity contribution in [1.82, 2.24) is 0 Å². The summed E-state index contributed by atoms with van der Waals surface area (Å²) in [4.78, 5) is 10.6. The molecule has 18 heavy (non-hydrogen) atoms. The maximum atomic E-state index is 10.8. The topological polar surface area (TPSA) is 43.1 Å². The summed E-state index contributed by atoms with van der Waals surface area (Å²) in [7, 11) is 0. The van der Waals surface area contributed by atoms with E-state index in [1.165, 1.54) is 0 Å². The van der Waals surface area contributed by atoms with Crippen LogP contribution in [0.3, 0.4) is 0 Å². The molecule has 1 atom stereocenters. The molecule has 0 aromatic heterocycles. The molecular formula is C15H15NO2. The van der Waals surface area contributed by atoms with Crippen molar-refractivity contribution in [2.45, 2.75) is 12.8 Å². The number of rotatable bonds is 4. The van der Waals surface area contributed by atoms with E-state index in [4.69, 9.17) is 0 Å². The van der Waals surface area contributed by atoms with Crippen LogP contribution in [0.1, 0.15) is 22.6 Å². The predicted octanol–water partition coefficient (Wildman–Crippen LogP) is 3.40. The summed E-state index contributed by atoms with van der Waals surface area (Å²) in [5, 5.41) is 10.8. The highest BCUT2D eigenvalue weighted by Crippen LogP contribution is 2.24. The summed E-state index contributed by atoms with van der Waals surface area (Å²) in [6.45, 7) is 1.93. The molecule has 2 aromatic carbocycles. The van der Waals surface area contributed by atoms with Crippen LogP contribution >= 0.6 is 0 Å². The van der Waals surface area contributed by atoms with Crippen LogP contribution in [0.25, 0.3) is 0 Å². The molecule has 0 saturated heterocycles. The minimum absolute atomic E-state index is 0.0763. The lowest BCUT2D eigenvalue weighted by Crippen LogP contribution is -2.13. The van der Waals surface area contributed by atoms with Gasteiger partial charge in [-0.15, -0.1) is 0 Å². The zero-order chi connectivity index (χ0) is 13.0. The second-order valence-electron chi connectivity index (χ2n) is 4.39. The molecule has 1 unspecified atom stereocenters. The van der Waals surface area contributed by atoms with Crippen LogP contribution in [0, 0.1) is 17.0 Å². The zero-order valence-electron chi connectivity index (χ0n) is 10.2. The third kappa shape index (κ3) is 2.94. The average Bonchev–Trinajstić information content (AvgIpc) is 2.38. The molecule has 3 nitrogen and oxygen atoms in total. The van der Waals surface area contributed by atoms with Crippen molar-refractivity contribution in [3.05, 3.63) is 81.4 Å². The Morgan fingerprint density at radius 3 is 2.11 bits per heavy atom. The van der Waals surface area contributed by atoms with Crippen LogP contribution < -0.4 is 0 Å². The van der Waals surface area contributed by atoms with Crippen LogP contribution in [0.15, 0.2) is 54.6 Å². The van der Waals surface area contributed by atoms with Gasteiger partial charge in [-0.2, -0.15) is 0 Å². The summed E-state index contributed by atoms with van der Waals surface area (Å²) >= 11 is 0. The number of nitro groups is 1. The van der Waals surface area contributed by atoms with E-state index in [0.717, 1.165) is 16.7 Å². The van der Waals surface area contributed by atoms with Gasteiger partial charge in [0.25, 0.3) is 0 Å². The van der Waals surface area contributed by atoms with E-state index in [0.29, 0.717) is 0 Å². The van der Waals surface area contributed by atoms with Gasteiger partial charge in [-0.25, -0.2) is 0 Å². The molecule has 0 N–H and O–H groups in total. The van der Waals surface area contributed by atoms with E-state index >= 15 is 0 Å². The van der Waals surface area contributed by atoms with Crippen molar-refractivity contribution in [1.29, 1.82) is 0 Å². The first-order chi connectivity index (χ1) is 8.66. The van der Waals surface area contributed by atoms with E-state index in [9.17, 15) is 10.1 Å². The van der Waals surface area contributed by atoms with Gasteiger partial charge in [-0.1, -0.05) is 60.2 Å². The second-order valence-corrected chi connectivity index (χ2v) is 4.39. The Morgan fingerprint density at radius 1 is 1.00 bits per heavy atom. The first-order valence-corrected chi connectivity index (χ1v) is 5.90. The van der Waals surface area contributed by atoms with Gasteiger partial charge in [0.05, 0.1) is 5.92 Å². The SMILES string of the molecule is Cc1ccc(C(C[N+](=O)[O-])c2ccccc2)cc1. The highest BCUT2D eigenvalue weighted by atomic mass is 16.6. The second kappa shape index (κ2) is 5.45. The van der Waals surface area contributed by atoms with E-state index in [1.54, 1.807) is 0 Å². The van der Waals surface area contributed by atoms with Crippen LogP contribution in [0.4, 0.5) is 0 Å². The third-order valence-electron chi connectivity index (χ3n) is 3.01. The molecular weight excluding hydrogens is 226 g/mol. The largest absolute Gasteiger partial charge is 0.265 e. The highest BCUT2D eigenvalue weighted by molar-refractivity contribution is 5.33. The van der Waals surface area contributed by atoms with Gasteiger partial charge in [0.2, 0.25) is 6.54 Å². The quantitative estimate of drug-likeness (QED) is 0.608. The summed E-state index contributed by atoms with van der Waals surface area (Å²) in [6.07, 6.45) is 0. The van der Waals surface area contributed by atoms with E-state index in [2.05, 4.69) is 0 Å². The maximum Gasteiger partial charge on any atom is 0.214 e. The lowest BCUT2D eigenvalue weighted by Gasteiger charge is -2.14. The molecule has 0 fully saturated rings. The fourth-order valence-electron chi connectivity index (χ4n) is 2.04. The minimum atomic E-state index is -0.252. The van der Waals surface area contributed by atoms with Crippen molar-refractivity contribution in [2.24, 2.45) is 0 Å². The Balaban J connectivity index is 2.36. The lowest BCUT2D eigenvalue weighted by atomic mass is 9.91. The zero-order valence-corrected chi connectivity index (χ0v) is 10.2. The van der Waals surface area contributed by atoms with Crippen molar-refractivity contribution >= 4 is 0 Å². The summed E-state index contributed by atoms with van der Waals surface area (Å²) < 4.78 is 0. The van der Waals surface area contributed by atoms with Crippen LogP contribution in [0.5, 0.6) is 0 Å². The number of hydrogen-bond donors (Lipinski definition) is 0. The maximum absolute atomic E-state index is 10.8. The Morgan fingerprint density at radius 2 is 1.56 bits per heavy atom. The molecule has 2 aromatic rings. The molecule has 3 heteroatoms. The van der Waals surface area contributed by atoms with Crippen LogP contribution in [-0.2, 0) is 0 Å². The number of nitrogens with zero attached hydrogens (tertiary/aromatic N) is 1. The molecule has 0 heterocycles. The predicted molar refractivity (Wildman–Crippen MR) is 71.3 cm³/mol. The first kappa shape index (κ1) is 12.3. The summed E-state index contributed by atoms with van der Waals surface area (Å²) in [5.74, 6) is -0.179.